The molecule has 0 heterocycles. The molecule has 0 rings (SSSR count). The van der Waals surface area contributed by atoms with Crippen molar-refractivity contribution >= 4 is 17.3 Å². The summed E-state index contributed by atoms with van der Waals surface area (Å²) in [6.45, 7) is 8.09. The average Bonchev–Trinajstić information content (AvgIpc) is 2.10. The second-order valence-corrected chi connectivity index (χ2v) is 4.10. The normalized spacial score (nSPS) is 10.4. The van der Waals surface area contributed by atoms with Gasteiger partial charge in [0.25, 0.3) is 0 Å². The third-order valence-electron chi connectivity index (χ3n) is 1.22. The Morgan fingerprint density at radius 3 is 0.696 bits per heavy atom. The number of hydrogen-bond acceptors (Lipinski definition) is 6. The summed E-state index contributed by atoms with van der Waals surface area (Å²) in [5.74, 6) is -1.12. The van der Waals surface area contributed by atoms with Gasteiger partial charge in [-0.3, -0.25) is 14.4 Å². The predicted molar refractivity (Wildman–Crippen MR) is 76.9 cm³/mol. The number of carbonyl (C=O) groups is 3. The average molecular weight is 455 g/mol. The number of hydrogen-bond donors (Lipinski definition) is 0. The molecule has 0 amide bonds. The monoisotopic (exact) mass is 455 g/mol. The van der Waals surface area contributed by atoms with Crippen molar-refractivity contribution < 1.29 is 76.9 Å². The van der Waals surface area contributed by atoms with Gasteiger partial charge in [-0.2, -0.15) is 0 Å². The van der Waals surface area contributed by atoms with E-state index in [1.165, 1.54) is 41.5 Å². The van der Waals surface area contributed by atoms with Gasteiger partial charge in [-0.15, -0.1) is 17.3 Å². The van der Waals surface area contributed by atoms with Crippen molar-refractivity contribution in [1.29, 1.82) is 0 Å². The minimum absolute atomic E-state index is 0. The summed E-state index contributed by atoms with van der Waals surface area (Å²) in [6.07, 6.45) is 3.17. The van der Waals surface area contributed by atoms with E-state index >= 15 is 0 Å². The van der Waals surface area contributed by atoms with Crippen molar-refractivity contribution in [3.63, 3.8) is 0 Å². The van der Waals surface area contributed by atoms with Gasteiger partial charge in [-0.25, -0.2) is 0 Å². The quantitative estimate of drug-likeness (QED) is 0.381. The van der Waals surface area contributed by atoms with Crippen LogP contribution in [0.4, 0.5) is 0 Å². The maximum atomic E-state index is 9.98. The largest absolute Gasteiger partial charge is 3.00 e. The standard InChI is InChI=1S/3C5H8O2.Ce.H2O/c3*1-4(6)3-5(2)7;;/h3*3,6H,1-2H3;;1H2/q;;;+3;/p-3/b3*4-3-;;. The molecule has 0 saturated carbocycles. The molecule has 7 nitrogen and oxygen atoms in total. The van der Waals surface area contributed by atoms with Crippen LogP contribution in [0.25, 0.3) is 0 Å². The van der Waals surface area contributed by atoms with Gasteiger partial charge in [-0.1, -0.05) is 20.8 Å². The maximum Gasteiger partial charge on any atom is 3.00 e. The van der Waals surface area contributed by atoms with Crippen LogP contribution in [0.3, 0.4) is 0 Å². The van der Waals surface area contributed by atoms with Crippen LogP contribution in [-0.4, -0.2) is 22.8 Å². The Balaban J connectivity index is -0.0000000675. The molecule has 23 heavy (non-hydrogen) atoms. The zero-order chi connectivity index (χ0) is 17.6. The van der Waals surface area contributed by atoms with Crippen LogP contribution >= 0.6 is 0 Å². The minimum atomic E-state index is -0.187. The van der Waals surface area contributed by atoms with Gasteiger partial charge in [0, 0.05) is 0 Å². The van der Waals surface area contributed by atoms with Crippen molar-refractivity contribution in [2.24, 2.45) is 0 Å². The van der Waals surface area contributed by atoms with Crippen LogP contribution in [0.5, 0.6) is 0 Å². The van der Waals surface area contributed by atoms with Crippen LogP contribution < -0.4 is 15.3 Å². The van der Waals surface area contributed by atoms with Gasteiger partial charge < -0.3 is 20.8 Å². The fourth-order valence-electron chi connectivity index (χ4n) is 0.859. The molecule has 0 spiro atoms. The molecular formula is C15H23CeO7. The van der Waals surface area contributed by atoms with Gasteiger partial charge in [-0.05, 0) is 39.0 Å². The first-order valence-corrected chi connectivity index (χ1v) is 5.96. The molecule has 0 atom stereocenters. The van der Waals surface area contributed by atoms with Gasteiger partial charge >= 0.3 is 41.7 Å². The summed E-state index contributed by atoms with van der Waals surface area (Å²) < 4.78 is 0. The van der Waals surface area contributed by atoms with E-state index < -0.39 is 0 Å². The van der Waals surface area contributed by atoms with E-state index in [9.17, 15) is 29.7 Å². The first-order valence-electron chi connectivity index (χ1n) is 5.96. The van der Waals surface area contributed by atoms with Crippen LogP contribution in [-0.2, 0) is 14.4 Å². The second kappa shape index (κ2) is 21.0. The van der Waals surface area contributed by atoms with Crippen LogP contribution in [0, 0.1) is 41.7 Å². The molecule has 0 bridgehead atoms. The summed E-state index contributed by atoms with van der Waals surface area (Å²) in [7, 11) is 0. The Morgan fingerprint density at radius 2 is 0.696 bits per heavy atom. The van der Waals surface area contributed by atoms with Crippen molar-refractivity contribution in [1.82, 2.24) is 0 Å². The van der Waals surface area contributed by atoms with E-state index in [4.69, 9.17) is 0 Å². The third-order valence-corrected chi connectivity index (χ3v) is 1.22. The summed E-state index contributed by atoms with van der Waals surface area (Å²) in [5, 5.41) is 29.9. The topological polar surface area (TPSA) is 152 Å². The van der Waals surface area contributed by atoms with Gasteiger partial charge in [0.15, 0.2) is 17.3 Å². The van der Waals surface area contributed by atoms with Crippen LogP contribution in [0.15, 0.2) is 35.5 Å². The minimum Gasteiger partial charge on any atom is -0.876 e. The van der Waals surface area contributed by atoms with Gasteiger partial charge in [0.05, 0.1) is 0 Å². The van der Waals surface area contributed by atoms with E-state index in [2.05, 4.69) is 0 Å². The van der Waals surface area contributed by atoms with Crippen LogP contribution in [0.2, 0.25) is 0 Å². The molecule has 0 unspecified atom stereocenters. The Bertz CT molecular complexity index is 370. The first-order chi connectivity index (χ1) is 9.38. The van der Waals surface area contributed by atoms with Gasteiger partial charge in [0.2, 0.25) is 0 Å². The zero-order valence-corrected chi connectivity index (χ0v) is 17.3. The SMILES string of the molecule is CC(=O)/C=C(/C)[O-].CC(=O)/C=C(/C)[O-].CC(=O)/C=C(/C)[O-].O.[Ce+3]. The molecule has 1 radical (unpaired) electrons. The zero-order valence-electron chi connectivity index (χ0n) is 14.2. The van der Waals surface area contributed by atoms with E-state index in [0.29, 0.717) is 0 Å². The Kier molecular flexibility index (Phi) is 30.6. The molecular weight excluding hydrogens is 432 g/mol. The first kappa shape index (κ1) is 33.5. The molecule has 8 heteroatoms. The number of allylic oxidation sites excluding steroid dienone is 6. The molecule has 0 aromatic heterocycles. The Morgan fingerprint density at radius 1 is 0.565 bits per heavy atom. The molecule has 0 fully saturated rings. The smallest absolute Gasteiger partial charge is 0.876 e. The Hall–Kier alpha value is -1.03. The molecule has 0 aromatic rings. The molecule has 0 aliphatic rings. The fraction of sp³-hybridized carbons (Fsp3) is 0.400. The van der Waals surface area contributed by atoms with Crippen molar-refractivity contribution in [2.75, 3.05) is 0 Å². The Labute approximate surface area is 170 Å². The fourth-order valence-corrected chi connectivity index (χ4v) is 0.859. The molecule has 0 saturated heterocycles. The predicted octanol–water partition coefficient (Wildman–Crippen LogP) is -1.31. The summed E-state index contributed by atoms with van der Waals surface area (Å²) >= 11 is 0. The number of carbonyl (C=O) groups excluding carboxylic acids is 3. The van der Waals surface area contributed by atoms with Crippen molar-refractivity contribution in [2.45, 2.75) is 41.5 Å². The van der Waals surface area contributed by atoms with E-state index in [1.54, 1.807) is 0 Å². The number of ketones is 3. The third kappa shape index (κ3) is 62.7. The molecule has 129 valence electrons. The van der Waals surface area contributed by atoms with Gasteiger partial charge in [0.1, 0.15) is 0 Å². The summed E-state index contributed by atoms with van der Waals surface area (Å²) in [6, 6.07) is 0. The molecule has 0 aliphatic carbocycles. The summed E-state index contributed by atoms with van der Waals surface area (Å²) in [4.78, 5) is 29.9. The van der Waals surface area contributed by atoms with E-state index in [0.717, 1.165) is 18.2 Å². The molecule has 2 N–H and O–H groups in total. The summed E-state index contributed by atoms with van der Waals surface area (Å²) in [5.41, 5.74) is 0. The van der Waals surface area contributed by atoms with Crippen molar-refractivity contribution in [3.05, 3.63) is 35.5 Å². The maximum absolute atomic E-state index is 9.98. The van der Waals surface area contributed by atoms with E-state index in [1.807, 2.05) is 0 Å². The van der Waals surface area contributed by atoms with Crippen LogP contribution in [0.1, 0.15) is 41.5 Å². The number of rotatable bonds is 3. The second-order valence-electron chi connectivity index (χ2n) is 4.10. The molecule has 0 aromatic carbocycles. The molecule has 0 aliphatic heterocycles. The van der Waals surface area contributed by atoms with Crippen molar-refractivity contribution in [3.8, 4) is 0 Å². The van der Waals surface area contributed by atoms with E-state index in [-0.39, 0.29) is 81.9 Å².